The Morgan fingerprint density at radius 3 is 2.59 bits per heavy atom. The van der Waals surface area contributed by atoms with Crippen LogP contribution in [-0.2, 0) is 4.79 Å². The summed E-state index contributed by atoms with van der Waals surface area (Å²) in [5.41, 5.74) is 0. The van der Waals surface area contributed by atoms with E-state index in [0.29, 0.717) is 26.1 Å². The highest BCUT2D eigenvalue weighted by Gasteiger charge is 2.00. The minimum absolute atomic E-state index is 0.143. The van der Waals surface area contributed by atoms with Crippen LogP contribution in [0.15, 0.2) is 12.2 Å². The van der Waals surface area contributed by atoms with Crippen molar-refractivity contribution in [2.45, 2.75) is 32.3 Å². The molecule has 100 valence electrons. The van der Waals surface area contributed by atoms with Crippen LogP contribution in [0.1, 0.15) is 26.2 Å². The summed E-state index contributed by atoms with van der Waals surface area (Å²) in [6.07, 6.45) is 5.48. The number of aliphatic hydroxyl groups is 1. The third-order valence-corrected chi connectivity index (χ3v) is 2.18. The molecule has 5 heteroatoms. The van der Waals surface area contributed by atoms with Crippen LogP contribution in [0.3, 0.4) is 0 Å². The van der Waals surface area contributed by atoms with E-state index in [4.69, 9.17) is 5.11 Å². The standard InChI is InChI=1S/C12H24N2O3/c1-2-3-4-5-11(15)10-14-9-8-13-7-6-12(16)17/h3-4,11,13-15H,2,5-10H2,1H3,(H,16,17)/b4-3+. The molecule has 17 heavy (non-hydrogen) atoms. The molecule has 0 aromatic carbocycles. The molecule has 0 amide bonds. The Labute approximate surface area is 103 Å². The zero-order chi connectivity index (χ0) is 12.9. The maximum Gasteiger partial charge on any atom is 0.304 e. The first-order chi connectivity index (χ1) is 8.16. The molecule has 0 radical (unpaired) electrons. The van der Waals surface area contributed by atoms with Crippen LogP contribution >= 0.6 is 0 Å². The molecule has 0 aliphatic heterocycles. The van der Waals surface area contributed by atoms with Crippen molar-refractivity contribution in [2.75, 3.05) is 26.2 Å². The molecule has 1 atom stereocenters. The Hall–Kier alpha value is -0.910. The lowest BCUT2D eigenvalue weighted by Crippen LogP contribution is -2.33. The molecule has 0 heterocycles. The first-order valence-electron chi connectivity index (χ1n) is 6.13. The van der Waals surface area contributed by atoms with Gasteiger partial charge in [-0.3, -0.25) is 4.79 Å². The normalized spacial score (nSPS) is 13.1. The van der Waals surface area contributed by atoms with Gasteiger partial charge >= 0.3 is 5.97 Å². The molecule has 0 spiro atoms. The summed E-state index contributed by atoms with van der Waals surface area (Å²) < 4.78 is 0. The fourth-order valence-electron chi connectivity index (χ4n) is 1.27. The van der Waals surface area contributed by atoms with E-state index >= 15 is 0 Å². The van der Waals surface area contributed by atoms with Gasteiger partial charge < -0.3 is 20.8 Å². The Morgan fingerprint density at radius 1 is 1.24 bits per heavy atom. The fourth-order valence-corrected chi connectivity index (χ4v) is 1.27. The summed E-state index contributed by atoms with van der Waals surface area (Å²) in [7, 11) is 0. The van der Waals surface area contributed by atoms with Crippen LogP contribution in [-0.4, -0.2) is 48.5 Å². The topological polar surface area (TPSA) is 81.6 Å². The van der Waals surface area contributed by atoms with Crippen LogP contribution in [0.5, 0.6) is 0 Å². The van der Waals surface area contributed by atoms with Crippen molar-refractivity contribution in [3.05, 3.63) is 12.2 Å². The van der Waals surface area contributed by atoms with Gasteiger partial charge in [0.15, 0.2) is 0 Å². The van der Waals surface area contributed by atoms with Crippen LogP contribution in [0.25, 0.3) is 0 Å². The van der Waals surface area contributed by atoms with E-state index in [9.17, 15) is 9.90 Å². The first kappa shape index (κ1) is 16.1. The predicted octanol–water partition coefficient (Wildman–Crippen LogP) is 0.358. The molecular weight excluding hydrogens is 220 g/mol. The van der Waals surface area contributed by atoms with Gasteiger partial charge in [-0.2, -0.15) is 0 Å². The Balaban J connectivity index is 3.21. The molecule has 0 aliphatic rings. The summed E-state index contributed by atoms with van der Waals surface area (Å²) in [5, 5.41) is 24.0. The van der Waals surface area contributed by atoms with Gasteiger partial charge in [0.05, 0.1) is 12.5 Å². The van der Waals surface area contributed by atoms with Crippen LogP contribution in [0, 0.1) is 0 Å². The monoisotopic (exact) mass is 244 g/mol. The zero-order valence-corrected chi connectivity index (χ0v) is 10.5. The van der Waals surface area contributed by atoms with E-state index in [0.717, 1.165) is 13.0 Å². The van der Waals surface area contributed by atoms with Crippen molar-refractivity contribution >= 4 is 5.97 Å². The van der Waals surface area contributed by atoms with Gasteiger partial charge in [0.2, 0.25) is 0 Å². The van der Waals surface area contributed by atoms with Crippen molar-refractivity contribution < 1.29 is 15.0 Å². The van der Waals surface area contributed by atoms with Crippen molar-refractivity contribution in [1.29, 1.82) is 0 Å². The van der Waals surface area contributed by atoms with Gasteiger partial charge in [-0.25, -0.2) is 0 Å². The maximum atomic E-state index is 10.2. The molecule has 0 fully saturated rings. The predicted molar refractivity (Wildman–Crippen MR) is 68.0 cm³/mol. The highest BCUT2D eigenvalue weighted by atomic mass is 16.4. The van der Waals surface area contributed by atoms with Crippen molar-refractivity contribution in [1.82, 2.24) is 10.6 Å². The number of carbonyl (C=O) groups is 1. The third kappa shape index (κ3) is 13.0. The van der Waals surface area contributed by atoms with E-state index in [1.807, 2.05) is 12.2 Å². The molecule has 0 saturated heterocycles. The molecular formula is C12H24N2O3. The SMILES string of the molecule is CC/C=C/CC(O)CNCCNCCC(=O)O. The lowest BCUT2D eigenvalue weighted by Gasteiger charge is -2.10. The second-order valence-corrected chi connectivity index (χ2v) is 3.87. The minimum Gasteiger partial charge on any atom is -0.481 e. The third-order valence-electron chi connectivity index (χ3n) is 2.18. The average molecular weight is 244 g/mol. The van der Waals surface area contributed by atoms with E-state index in [-0.39, 0.29) is 12.5 Å². The Bertz CT molecular complexity index is 220. The molecule has 0 bridgehead atoms. The number of rotatable bonds is 11. The fraction of sp³-hybridized carbons (Fsp3) is 0.750. The van der Waals surface area contributed by atoms with E-state index < -0.39 is 5.97 Å². The van der Waals surface area contributed by atoms with E-state index in [1.165, 1.54) is 0 Å². The highest BCUT2D eigenvalue weighted by molar-refractivity contribution is 5.66. The van der Waals surface area contributed by atoms with E-state index in [1.54, 1.807) is 0 Å². The number of allylic oxidation sites excluding steroid dienone is 1. The number of aliphatic hydroxyl groups excluding tert-OH is 1. The molecule has 4 N–H and O–H groups in total. The zero-order valence-electron chi connectivity index (χ0n) is 10.5. The molecule has 0 saturated carbocycles. The van der Waals surface area contributed by atoms with Gasteiger partial charge in [-0.1, -0.05) is 19.1 Å². The number of hydrogen-bond donors (Lipinski definition) is 4. The summed E-state index contributed by atoms with van der Waals surface area (Å²) in [6.45, 7) is 4.55. The van der Waals surface area contributed by atoms with Gasteiger partial charge in [-0.05, 0) is 12.8 Å². The number of carboxylic acids is 1. The van der Waals surface area contributed by atoms with Gasteiger partial charge in [0.1, 0.15) is 0 Å². The summed E-state index contributed by atoms with van der Waals surface area (Å²) in [4.78, 5) is 10.2. The van der Waals surface area contributed by atoms with Gasteiger partial charge in [0, 0.05) is 26.2 Å². The quantitative estimate of drug-likeness (QED) is 0.312. The second kappa shape index (κ2) is 11.6. The van der Waals surface area contributed by atoms with Crippen molar-refractivity contribution in [3.63, 3.8) is 0 Å². The lowest BCUT2D eigenvalue weighted by atomic mass is 10.2. The number of carboxylic acid groups (broad SMARTS) is 1. The molecule has 5 nitrogen and oxygen atoms in total. The Kier molecular flexibility index (Phi) is 11.0. The molecule has 0 aliphatic carbocycles. The Morgan fingerprint density at radius 2 is 1.94 bits per heavy atom. The van der Waals surface area contributed by atoms with Crippen LogP contribution < -0.4 is 10.6 Å². The van der Waals surface area contributed by atoms with Gasteiger partial charge in [-0.15, -0.1) is 0 Å². The van der Waals surface area contributed by atoms with Crippen molar-refractivity contribution in [3.8, 4) is 0 Å². The summed E-state index contributed by atoms with van der Waals surface area (Å²) in [6, 6.07) is 0. The largest absolute Gasteiger partial charge is 0.481 e. The highest BCUT2D eigenvalue weighted by Crippen LogP contribution is 1.92. The minimum atomic E-state index is -0.788. The number of hydrogen-bond acceptors (Lipinski definition) is 4. The molecule has 1 unspecified atom stereocenters. The average Bonchev–Trinajstić information content (AvgIpc) is 2.28. The maximum absolute atomic E-state index is 10.2. The molecule has 0 aromatic rings. The van der Waals surface area contributed by atoms with Crippen LogP contribution in [0.2, 0.25) is 0 Å². The van der Waals surface area contributed by atoms with E-state index in [2.05, 4.69) is 17.6 Å². The number of aliphatic carboxylic acids is 1. The van der Waals surface area contributed by atoms with Crippen molar-refractivity contribution in [2.24, 2.45) is 0 Å². The van der Waals surface area contributed by atoms with Crippen LogP contribution in [0.4, 0.5) is 0 Å². The second-order valence-electron chi connectivity index (χ2n) is 3.87. The molecule has 0 aromatic heterocycles. The number of nitrogens with one attached hydrogen (secondary N) is 2. The summed E-state index contributed by atoms with van der Waals surface area (Å²) >= 11 is 0. The van der Waals surface area contributed by atoms with Gasteiger partial charge in [0.25, 0.3) is 0 Å². The summed E-state index contributed by atoms with van der Waals surface area (Å²) in [5.74, 6) is -0.788. The smallest absolute Gasteiger partial charge is 0.304 e. The lowest BCUT2D eigenvalue weighted by molar-refractivity contribution is -0.136. The first-order valence-corrected chi connectivity index (χ1v) is 6.13. The molecule has 0 rings (SSSR count).